The maximum Gasteiger partial charge on any atom is 0.226 e. The van der Waals surface area contributed by atoms with Crippen molar-refractivity contribution in [3.8, 4) is 0 Å². The zero-order chi connectivity index (χ0) is 17.5. The third-order valence-electron chi connectivity index (χ3n) is 4.05. The summed E-state index contributed by atoms with van der Waals surface area (Å²) in [5.74, 6) is 0.607. The van der Waals surface area contributed by atoms with Crippen LogP contribution in [0.3, 0.4) is 0 Å². The number of rotatable bonds is 7. The van der Waals surface area contributed by atoms with Gasteiger partial charge in [0.25, 0.3) is 0 Å². The number of hydrogen-bond donors (Lipinski definition) is 1. The van der Waals surface area contributed by atoms with Gasteiger partial charge in [-0.2, -0.15) is 0 Å². The van der Waals surface area contributed by atoms with Crippen molar-refractivity contribution in [3.05, 3.63) is 95.9 Å². The molecule has 128 valence electrons. The molecule has 1 aromatic heterocycles. The molecule has 2 aromatic carbocycles. The van der Waals surface area contributed by atoms with E-state index in [4.69, 9.17) is 4.42 Å². The molecule has 1 atom stereocenters. The van der Waals surface area contributed by atoms with Crippen molar-refractivity contribution in [1.29, 1.82) is 0 Å². The third kappa shape index (κ3) is 4.81. The lowest BCUT2D eigenvalue weighted by Crippen LogP contribution is -2.31. The second-order valence-corrected chi connectivity index (χ2v) is 5.95. The lowest BCUT2D eigenvalue weighted by atomic mass is 10.1. The molecule has 0 aliphatic carbocycles. The van der Waals surface area contributed by atoms with Gasteiger partial charge in [0.1, 0.15) is 5.76 Å². The first kappa shape index (κ1) is 17.0. The highest BCUT2D eigenvalue weighted by atomic mass is 16.3. The van der Waals surface area contributed by atoms with Crippen molar-refractivity contribution < 1.29 is 14.3 Å². The van der Waals surface area contributed by atoms with Crippen molar-refractivity contribution >= 4 is 5.91 Å². The van der Waals surface area contributed by atoms with Gasteiger partial charge in [0.05, 0.1) is 25.3 Å². The third-order valence-corrected chi connectivity index (χ3v) is 4.05. The summed E-state index contributed by atoms with van der Waals surface area (Å²) in [6.07, 6.45) is 0.820. The van der Waals surface area contributed by atoms with E-state index in [1.165, 1.54) is 0 Å². The molecular weight excluding hydrogens is 314 g/mol. The van der Waals surface area contributed by atoms with Crippen LogP contribution >= 0.6 is 0 Å². The molecule has 0 fully saturated rings. The van der Waals surface area contributed by atoms with Crippen LogP contribution in [0.1, 0.15) is 29.4 Å². The molecule has 1 amide bonds. The van der Waals surface area contributed by atoms with Crippen molar-refractivity contribution in [2.75, 3.05) is 0 Å². The fraction of sp³-hybridized carbons (Fsp3) is 0.190. The van der Waals surface area contributed by atoms with E-state index in [2.05, 4.69) is 0 Å². The van der Waals surface area contributed by atoms with Crippen molar-refractivity contribution in [2.24, 2.45) is 0 Å². The molecule has 1 unspecified atom stereocenters. The summed E-state index contributed by atoms with van der Waals surface area (Å²) in [5, 5.41) is 10.4. The molecular formula is C21H21NO3. The van der Waals surface area contributed by atoms with Gasteiger partial charge in [-0.25, -0.2) is 0 Å². The number of amides is 1. The fourth-order valence-electron chi connectivity index (χ4n) is 2.71. The number of benzene rings is 2. The maximum absolute atomic E-state index is 12.8. The van der Waals surface area contributed by atoms with E-state index < -0.39 is 6.10 Å². The molecule has 0 bridgehead atoms. The smallest absolute Gasteiger partial charge is 0.226 e. The van der Waals surface area contributed by atoms with E-state index >= 15 is 0 Å². The number of aliphatic hydroxyl groups is 1. The first-order chi connectivity index (χ1) is 12.2. The van der Waals surface area contributed by atoms with Gasteiger partial charge in [-0.05, 0) is 23.3 Å². The number of carbonyl (C=O) groups excluding carboxylic acids is 1. The van der Waals surface area contributed by atoms with Crippen LogP contribution in [-0.2, 0) is 17.9 Å². The maximum atomic E-state index is 12.8. The minimum Gasteiger partial charge on any atom is -0.467 e. The predicted molar refractivity (Wildman–Crippen MR) is 95.4 cm³/mol. The number of furan rings is 1. The Morgan fingerprint density at radius 1 is 0.920 bits per heavy atom. The average molecular weight is 335 g/mol. The SMILES string of the molecule is O=C(CC(O)c1ccccc1)N(Cc1ccccc1)Cc1ccco1. The molecule has 4 nitrogen and oxygen atoms in total. The van der Waals surface area contributed by atoms with Gasteiger partial charge in [-0.1, -0.05) is 60.7 Å². The topological polar surface area (TPSA) is 53.7 Å². The van der Waals surface area contributed by atoms with Crippen LogP contribution in [0.2, 0.25) is 0 Å². The second kappa shape index (κ2) is 8.31. The summed E-state index contributed by atoms with van der Waals surface area (Å²) in [6, 6.07) is 22.7. The van der Waals surface area contributed by atoms with Crippen molar-refractivity contribution in [3.63, 3.8) is 0 Å². The van der Waals surface area contributed by atoms with E-state index in [0.717, 1.165) is 16.9 Å². The van der Waals surface area contributed by atoms with E-state index in [-0.39, 0.29) is 12.3 Å². The molecule has 0 aliphatic rings. The Hall–Kier alpha value is -2.85. The molecule has 0 radical (unpaired) electrons. The Labute approximate surface area is 147 Å². The fourth-order valence-corrected chi connectivity index (χ4v) is 2.71. The normalized spacial score (nSPS) is 11.9. The van der Waals surface area contributed by atoms with Gasteiger partial charge < -0.3 is 14.4 Å². The van der Waals surface area contributed by atoms with Gasteiger partial charge in [0.2, 0.25) is 5.91 Å². The lowest BCUT2D eigenvalue weighted by Gasteiger charge is -2.23. The summed E-state index contributed by atoms with van der Waals surface area (Å²) < 4.78 is 5.39. The van der Waals surface area contributed by atoms with Crippen molar-refractivity contribution in [2.45, 2.75) is 25.6 Å². The van der Waals surface area contributed by atoms with Crippen LogP contribution in [-0.4, -0.2) is 15.9 Å². The lowest BCUT2D eigenvalue weighted by molar-refractivity contribution is -0.134. The Morgan fingerprint density at radius 2 is 1.60 bits per heavy atom. The summed E-state index contributed by atoms with van der Waals surface area (Å²) in [6.45, 7) is 0.851. The van der Waals surface area contributed by atoms with Gasteiger partial charge in [0, 0.05) is 6.54 Å². The minimum atomic E-state index is -0.816. The molecule has 1 N–H and O–H groups in total. The Kier molecular flexibility index (Phi) is 5.65. The van der Waals surface area contributed by atoms with Gasteiger partial charge in [-0.15, -0.1) is 0 Å². The molecule has 0 aliphatic heterocycles. The molecule has 0 saturated carbocycles. The minimum absolute atomic E-state index is 0.0392. The highest BCUT2D eigenvalue weighted by molar-refractivity contribution is 5.76. The van der Waals surface area contributed by atoms with Crippen molar-refractivity contribution in [1.82, 2.24) is 4.90 Å². The average Bonchev–Trinajstić information content (AvgIpc) is 3.16. The standard InChI is InChI=1S/C21H21NO3/c23-20(18-10-5-2-6-11-18)14-21(24)22(16-19-12-7-13-25-19)15-17-8-3-1-4-9-17/h1-13,20,23H,14-16H2. The molecule has 4 heteroatoms. The summed E-state index contributed by atoms with van der Waals surface area (Å²) in [7, 11) is 0. The second-order valence-electron chi connectivity index (χ2n) is 5.95. The molecule has 1 heterocycles. The first-order valence-corrected chi connectivity index (χ1v) is 8.29. The number of nitrogens with zero attached hydrogens (tertiary/aromatic N) is 1. The van der Waals surface area contributed by atoms with Crippen LogP contribution in [0.25, 0.3) is 0 Å². The van der Waals surface area contributed by atoms with Crippen LogP contribution in [0.4, 0.5) is 0 Å². The molecule has 3 aromatic rings. The quantitative estimate of drug-likeness (QED) is 0.712. The molecule has 25 heavy (non-hydrogen) atoms. The van der Waals surface area contributed by atoms with Gasteiger partial charge in [-0.3, -0.25) is 4.79 Å². The van der Waals surface area contributed by atoms with E-state index in [0.29, 0.717) is 13.1 Å². The highest BCUT2D eigenvalue weighted by Gasteiger charge is 2.20. The highest BCUT2D eigenvalue weighted by Crippen LogP contribution is 2.19. The monoisotopic (exact) mass is 335 g/mol. The summed E-state index contributed by atoms with van der Waals surface area (Å²) in [4.78, 5) is 14.5. The number of carbonyl (C=O) groups is 1. The molecule has 0 spiro atoms. The zero-order valence-corrected chi connectivity index (χ0v) is 13.9. The molecule has 3 rings (SSSR count). The van der Waals surface area contributed by atoms with Crippen LogP contribution in [0.15, 0.2) is 83.5 Å². The molecule has 0 saturated heterocycles. The Morgan fingerprint density at radius 3 is 2.24 bits per heavy atom. The van der Waals surface area contributed by atoms with E-state index in [1.54, 1.807) is 17.2 Å². The van der Waals surface area contributed by atoms with Crippen LogP contribution < -0.4 is 0 Å². The summed E-state index contributed by atoms with van der Waals surface area (Å²) >= 11 is 0. The van der Waals surface area contributed by atoms with Crippen LogP contribution in [0.5, 0.6) is 0 Å². The number of hydrogen-bond acceptors (Lipinski definition) is 3. The Bertz CT molecular complexity index is 769. The number of aliphatic hydroxyl groups excluding tert-OH is 1. The van der Waals surface area contributed by atoms with Gasteiger partial charge in [0.15, 0.2) is 0 Å². The Balaban J connectivity index is 1.72. The zero-order valence-electron chi connectivity index (χ0n) is 13.9. The summed E-state index contributed by atoms with van der Waals surface area (Å²) in [5.41, 5.74) is 1.78. The van der Waals surface area contributed by atoms with E-state index in [1.807, 2.05) is 66.7 Å². The first-order valence-electron chi connectivity index (χ1n) is 8.29. The van der Waals surface area contributed by atoms with Crippen LogP contribution in [0, 0.1) is 0 Å². The van der Waals surface area contributed by atoms with Gasteiger partial charge >= 0.3 is 0 Å². The predicted octanol–water partition coefficient (Wildman–Crippen LogP) is 3.93. The van der Waals surface area contributed by atoms with E-state index in [9.17, 15) is 9.90 Å². The largest absolute Gasteiger partial charge is 0.467 e.